The fourth-order valence-corrected chi connectivity index (χ4v) is 3.22. The lowest BCUT2D eigenvalue weighted by Gasteiger charge is -2.07. The number of hydrogen-bond acceptors (Lipinski definition) is 3. The van der Waals surface area contributed by atoms with Gasteiger partial charge in [0.1, 0.15) is 0 Å². The lowest BCUT2D eigenvalue weighted by molar-refractivity contribution is -0.385. The molecule has 0 aliphatic carbocycles. The summed E-state index contributed by atoms with van der Waals surface area (Å²) in [7, 11) is 0. The van der Waals surface area contributed by atoms with E-state index in [2.05, 4.69) is 53.1 Å². The van der Waals surface area contributed by atoms with Crippen molar-refractivity contribution in [1.29, 1.82) is 0 Å². The number of benzene rings is 2. The molecule has 8 heteroatoms. The Bertz CT molecular complexity index is 735. The molecule has 0 unspecified atom stereocenters. The third-order valence-electron chi connectivity index (χ3n) is 2.58. The summed E-state index contributed by atoms with van der Waals surface area (Å²) in [4.78, 5) is 22.5. The standard InChI is InChI=1S/C13H7Br3N2O3/c14-7-1-3-9(11(16)5-7)13(19)17-8-2-4-10(15)12(6-8)18(20)21/h1-6H,(H,17,19). The van der Waals surface area contributed by atoms with E-state index in [9.17, 15) is 14.9 Å². The Hall–Kier alpha value is -1.25. The second kappa shape index (κ2) is 6.67. The molecule has 21 heavy (non-hydrogen) atoms. The van der Waals surface area contributed by atoms with Crippen LogP contribution in [0.25, 0.3) is 0 Å². The van der Waals surface area contributed by atoms with Crippen molar-refractivity contribution in [1.82, 2.24) is 0 Å². The number of nitro benzene ring substituents is 1. The van der Waals surface area contributed by atoms with Gasteiger partial charge in [-0.25, -0.2) is 0 Å². The highest BCUT2D eigenvalue weighted by atomic mass is 79.9. The maximum absolute atomic E-state index is 12.2. The van der Waals surface area contributed by atoms with Crippen molar-refractivity contribution in [2.75, 3.05) is 5.32 Å². The Labute approximate surface area is 145 Å². The lowest BCUT2D eigenvalue weighted by Crippen LogP contribution is -2.12. The summed E-state index contributed by atoms with van der Waals surface area (Å²) in [5.74, 6) is -0.356. The third-order valence-corrected chi connectivity index (χ3v) is 4.40. The lowest BCUT2D eigenvalue weighted by atomic mass is 10.2. The molecule has 0 bridgehead atoms. The first-order valence-corrected chi connectivity index (χ1v) is 7.96. The summed E-state index contributed by atoms with van der Waals surface area (Å²) in [6.45, 7) is 0. The highest BCUT2D eigenvalue weighted by Gasteiger charge is 2.15. The number of carbonyl (C=O) groups is 1. The Morgan fingerprint density at radius 1 is 1.05 bits per heavy atom. The average Bonchev–Trinajstić information content (AvgIpc) is 2.40. The molecule has 5 nitrogen and oxygen atoms in total. The quantitative estimate of drug-likeness (QED) is 0.490. The summed E-state index contributed by atoms with van der Waals surface area (Å²) in [5.41, 5.74) is 0.677. The van der Waals surface area contributed by atoms with Crippen molar-refractivity contribution in [3.05, 3.63) is 65.5 Å². The van der Waals surface area contributed by atoms with E-state index in [0.29, 0.717) is 20.2 Å². The van der Waals surface area contributed by atoms with Gasteiger partial charge in [0, 0.05) is 20.7 Å². The molecular formula is C13H7Br3N2O3. The molecule has 1 N–H and O–H groups in total. The van der Waals surface area contributed by atoms with Gasteiger partial charge in [-0.1, -0.05) is 15.9 Å². The largest absolute Gasteiger partial charge is 0.322 e. The van der Waals surface area contributed by atoms with Crippen molar-refractivity contribution < 1.29 is 9.72 Å². The maximum Gasteiger partial charge on any atom is 0.285 e. The zero-order chi connectivity index (χ0) is 15.6. The van der Waals surface area contributed by atoms with E-state index >= 15 is 0 Å². The summed E-state index contributed by atoms with van der Waals surface area (Å²) >= 11 is 9.70. The molecular weight excluding hydrogens is 472 g/mol. The Morgan fingerprint density at radius 2 is 1.76 bits per heavy atom. The molecule has 0 atom stereocenters. The predicted octanol–water partition coefficient (Wildman–Crippen LogP) is 5.13. The van der Waals surface area contributed by atoms with Gasteiger partial charge in [-0.2, -0.15) is 0 Å². The summed E-state index contributed by atoms with van der Waals surface area (Å²) in [6, 6.07) is 9.54. The molecule has 108 valence electrons. The normalized spacial score (nSPS) is 10.2. The Kier molecular flexibility index (Phi) is 5.13. The number of anilines is 1. The molecule has 0 radical (unpaired) electrons. The summed E-state index contributed by atoms with van der Waals surface area (Å²) < 4.78 is 1.82. The fraction of sp³-hybridized carbons (Fsp3) is 0. The summed E-state index contributed by atoms with van der Waals surface area (Å²) in [5, 5.41) is 13.5. The average molecular weight is 479 g/mol. The van der Waals surface area contributed by atoms with Crippen molar-refractivity contribution >= 4 is 65.1 Å². The topological polar surface area (TPSA) is 72.2 Å². The van der Waals surface area contributed by atoms with Crippen molar-refractivity contribution in [3.63, 3.8) is 0 Å². The molecule has 1 amide bonds. The van der Waals surface area contributed by atoms with Gasteiger partial charge in [-0.15, -0.1) is 0 Å². The van der Waals surface area contributed by atoms with Crippen LogP contribution >= 0.6 is 47.8 Å². The second-order valence-electron chi connectivity index (χ2n) is 4.00. The van der Waals surface area contributed by atoms with Crippen LogP contribution in [-0.2, 0) is 0 Å². The Morgan fingerprint density at radius 3 is 2.38 bits per heavy atom. The SMILES string of the molecule is O=C(Nc1ccc(Br)c([N+](=O)[O-])c1)c1ccc(Br)cc1Br. The van der Waals surface area contributed by atoms with Crippen LogP contribution in [0.15, 0.2) is 49.8 Å². The number of nitrogens with zero attached hydrogens (tertiary/aromatic N) is 1. The highest BCUT2D eigenvalue weighted by Crippen LogP contribution is 2.28. The number of hydrogen-bond donors (Lipinski definition) is 1. The molecule has 0 aromatic heterocycles. The van der Waals surface area contributed by atoms with Gasteiger partial charge in [0.25, 0.3) is 11.6 Å². The molecule has 0 heterocycles. The van der Waals surface area contributed by atoms with Crippen LogP contribution < -0.4 is 5.32 Å². The second-order valence-corrected chi connectivity index (χ2v) is 6.63. The van der Waals surface area contributed by atoms with Gasteiger partial charge in [0.05, 0.1) is 15.0 Å². The predicted molar refractivity (Wildman–Crippen MR) is 90.6 cm³/mol. The van der Waals surface area contributed by atoms with Crippen LogP contribution in [0.3, 0.4) is 0 Å². The number of carbonyl (C=O) groups excluding carboxylic acids is 1. The van der Waals surface area contributed by atoms with E-state index in [1.807, 2.05) is 0 Å². The maximum atomic E-state index is 12.2. The minimum absolute atomic E-state index is 0.109. The number of rotatable bonds is 3. The van der Waals surface area contributed by atoms with E-state index in [1.165, 1.54) is 12.1 Å². The zero-order valence-corrected chi connectivity index (χ0v) is 15.0. The first-order valence-electron chi connectivity index (χ1n) is 5.59. The van der Waals surface area contributed by atoms with E-state index in [1.54, 1.807) is 24.3 Å². The van der Waals surface area contributed by atoms with Crippen LogP contribution in [0.2, 0.25) is 0 Å². The minimum Gasteiger partial charge on any atom is -0.322 e. The molecule has 2 rings (SSSR count). The minimum atomic E-state index is -0.519. The van der Waals surface area contributed by atoms with E-state index < -0.39 is 4.92 Å². The number of nitro groups is 1. The molecule has 2 aromatic rings. The third kappa shape index (κ3) is 3.90. The van der Waals surface area contributed by atoms with E-state index in [4.69, 9.17) is 0 Å². The number of halogens is 3. The smallest absolute Gasteiger partial charge is 0.285 e. The van der Waals surface area contributed by atoms with E-state index in [0.717, 1.165) is 4.47 Å². The highest BCUT2D eigenvalue weighted by molar-refractivity contribution is 9.11. The first-order chi connectivity index (χ1) is 9.88. The molecule has 0 spiro atoms. The molecule has 0 aliphatic rings. The van der Waals surface area contributed by atoms with Gasteiger partial charge >= 0.3 is 0 Å². The van der Waals surface area contributed by atoms with Gasteiger partial charge in [-0.3, -0.25) is 14.9 Å². The van der Waals surface area contributed by atoms with Crippen molar-refractivity contribution in [3.8, 4) is 0 Å². The first kappa shape index (κ1) is 16.1. The van der Waals surface area contributed by atoms with Gasteiger partial charge < -0.3 is 5.32 Å². The monoisotopic (exact) mass is 476 g/mol. The molecule has 2 aromatic carbocycles. The van der Waals surface area contributed by atoms with Gasteiger partial charge in [-0.05, 0) is 62.2 Å². The van der Waals surface area contributed by atoms with Crippen molar-refractivity contribution in [2.24, 2.45) is 0 Å². The zero-order valence-electron chi connectivity index (χ0n) is 10.3. The Balaban J connectivity index is 2.27. The van der Waals surface area contributed by atoms with Crippen LogP contribution in [0.5, 0.6) is 0 Å². The van der Waals surface area contributed by atoms with Crippen LogP contribution in [0.4, 0.5) is 11.4 Å². The molecule has 0 saturated heterocycles. The molecule has 0 fully saturated rings. The fourth-order valence-electron chi connectivity index (χ4n) is 1.60. The molecule has 0 saturated carbocycles. The van der Waals surface area contributed by atoms with Crippen LogP contribution in [0, 0.1) is 10.1 Å². The van der Waals surface area contributed by atoms with Crippen LogP contribution in [-0.4, -0.2) is 10.8 Å². The number of amides is 1. The number of nitrogens with one attached hydrogen (secondary N) is 1. The van der Waals surface area contributed by atoms with Crippen molar-refractivity contribution in [2.45, 2.75) is 0 Å². The van der Waals surface area contributed by atoms with Gasteiger partial charge in [0.2, 0.25) is 0 Å². The van der Waals surface area contributed by atoms with Crippen LogP contribution in [0.1, 0.15) is 10.4 Å². The van der Waals surface area contributed by atoms with Gasteiger partial charge in [0.15, 0.2) is 0 Å². The summed E-state index contributed by atoms with van der Waals surface area (Å²) in [6.07, 6.45) is 0. The molecule has 0 aliphatic heterocycles. The van der Waals surface area contributed by atoms with E-state index in [-0.39, 0.29) is 11.6 Å².